The minimum absolute atomic E-state index is 0.0296. The first kappa shape index (κ1) is 19.6. The number of rotatable bonds is 4. The number of halogens is 2. The van der Waals surface area contributed by atoms with Gasteiger partial charge in [0.25, 0.3) is 5.91 Å². The van der Waals surface area contributed by atoms with Crippen molar-refractivity contribution in [3.63, 3.8) is 0 Å². The number of para-hydroxylation sites is 1. The summed E-state index contributed by atoms with van der Waals surface area (Å²) in [5, 5.41) is 4.66. The van der Waals surface area contributed by atoms with Crippen LogP contribution in [0.25, 0.3) is 21.7 Å². The first-order valence-corrected chi connectivity index (χ1v) is 9.23. The van der Waals surface area contributed by atoms with Crippen molar-refractivity contribution in [3.05, 3.63) is 77.6 Å². The number of carbonyl (C=O) groups excluding carboxylic acids is 2. The Kier molecular flexibility index (Phi) is 4.95. The molecule has 4 aromatic rings. The predicted molar refractivity (Wildman–Crippen MR) is 108 cm³/mol. The number of hydrogen-bond donors (Lipinski definition) is 1. The van der Waals surface area contributed by atoms with Crippen molar-refractivity contribution in [2.75, 3.05) is 5.32 Å². The number of benzene rings is 3. The minimum Gasteiger partial charge on any atom is -0.448 e. The van der Waals surface area contributed by atoms with E-state index in [1.165, 1.54) is 13.0 Å². The highest BCUT2D eigenvalue weighted by Crippen LogP contribution is 2.32. The molecule has 0 aliphatic carbocycles. The van der Waals surface area contributed by atoms with Gasteiger partial charge in [0.05, 0.1) is 0 Å². The van der Waals surface area contributed by atoms with Gasteiger partial charge in [0.1, 0.15) is 22.9 Å². The number of amides is 1. The van der Waals surface area contributed by atoms with Gasteiger partial charge >= 0.3 is 5.97 Å². The van der Waals surface area contributed by atoms with E-state index in [-0.39, 0.29) is 5.76 Å². The summed E-state index contributed by atoms with van der Waals surface area (Å²) in [6.07, 6.45) is -1.30. The normalized spacial score (nSPS) is 12.1. The van der Waals surface area contributed by atoms with Gasteiger partial charge in [-0.1, -0.05) is 42.5 Å². The summed E-state index contributed by atoms with van der Waals surface area (Å²) in [4.78, 5) is 24.9. The third kappa shape index (κ3) is 3.39. The highest BCUT2D eigenvalue weighted by atomic mass is 19.1. The van der Waals surface area contributed by atoms with Crippen molar-refractivity contribution < 1.29 is 27.5 Å². The van der Waals surface area contributed by atoms with Crippen molar-refractivity contribution in [3.8, 4) is 0 Å². The molecule has 5 nitrogen and oxygen atoms in total. The number of hydrogen-bond acceptors (Lipinski definition) is 4. The maximum absolute atomic E-state index is 13.7. The Morgan fingerprint density at radius 1 is 0.967 bits per heavy atom. The molecule has 1 unspecified atom stereocenters. The van der Waals surface area contributed by atoms with E-state index in [4.69, 9.17) is 9.15 Å². The zero-order valence-electron chi connectivity index (χ0n) is 16.2. The molecule has 0 saturated carbocycles. The second kappa shape index (κ2) is 7.59. The van der Waals surface area contributed by atoms with Crippen LogP contribution in [0.15, 0.2) is 59.0 Å². The van der Waals surface area contributed by atoms with Gasteiger partial charge < -0.3 is 14.5 Å². The van der Waals surface area contributed by atoms with Gasteiger partial charge in [-0.2, -0.15) is 0 Å². The Morgan fingerprint density at radius 3 is 2.40 bits per heavy atom. The summed E-state index contributed by atoms with van der Waals surface area (Å²) in [5.41, 5.74) is 0.522. The van der Waals surface area contributed by atoms with Crippen LogP contribution in [0.3, 0.4) is 0 Å². The Balaban J connectivity index is 1.57. The van der Waals surface area contributed by atoms with Crippen LogP contribution in [-0.4, -0.2) is 18.0 Å². The highest BCUT2D eigenvalue weighted by Gasteiger charge is 2.26. The van der Waals surface area contributed by atoms with Gasteiger partial charge in [-0.3, -0.25) is 4.79 Å². The lowest BCUT2D eigenvalue weighted by atomic mass is 10.1. The number of esters is 1. The van der Waals surface area contributed by atoms with E-state index in [1.54, 1.807) is 6.92 Å². The van der Waals surface area contributed by atoms with E-state index < -0.39 is 35.3 Å². The number of carbonyl (C=O) groups is 2. The molecule has 1 heterocycles. The van der Waals surface area contributed by atoms with Crippen molar-refractivity contribution in [2.24, 2.45) is 0 Å². The summed E-state index contributed by atoms with van der Waals surface area (Å²) >= 11 is 0. The van der Waals surface area contributed by atoms with Gasteiger partial charge in [0, 0.05) is 16.3 Å². The number of aryl methyl sites for hydroxylation is 1. The number of fused-ring (bicyclic) bond motifs is 3. The molecule has 0 radical (unpaired) electrons. The molecule has 0 aliphatic heterocycles. The molecule has 0 aliphatic rings. The molecule has 3 aromatic carbocycles. The Labute approximate surface area is 170 Å². The molecule has 1 atom stereocenters. The fourth-order valence-corrected chi connectivity index (χ4v) is 3.25. The van der Waals surface area contributed by atoms with Crippen LogP contribution < -0.4 is 5.32 Å². The number of anilines is 1. The molecule has 1 amide bonds. The number of furan rings is 1. The zero-order valence-corrected chi connectivity index (χ0v) is 16.2. The van der Waals surface area contributed by atoms with Gasteiger partial charge in [0.2, 0.25) is 5.76 Å². The van der Waals surface area contributed by atoms with E-state index in [9.17, 15) is 18.4 Å². The van der Waals surface area contributed by atoms with E-state index in [1.807, 2.05) is 36.4 Å². The third-order valence-electron chi connectivity index (χ3n) is 4.88. The lowest BCUT2D eigenvalue weighted by molar-refractivity contribution is -0.123. The van der Waals surface area contributed by atoms with Crippen molar-refractivity contribution >= 4 is 39.3 Å². The zero-order chi connectivity index (χ0) is 21.4. The van der Waals surface area contributed by atoms with Crippen LogP contribution in [0.2, 0.25) is 0 Å². The Bertz CT molecular complexity index is 1280. The topological polar surface area (TPSA) is 68.5 Å². The summed E-state index contributed by atoms with van der Waals surface area (Å²) in [6, 6.07) is 14.6. The molecular formula is C23H17F2NO4. The highest BCUT2D eigenvalue weighted by molar-refractivity contribution is 6.08. The second-order valence-electron chi connectivity index (χ2n) is 6.85. The SMILES string of the molecule is Cc1c(C(=O)OC(C)C(=O)Nc2c(F)cccc2F)oc2c1ccc1ccccc12. The molecular weight excluding hydrogens is 392 g/mol. The fourth-order valence-electron chi connectivity index (χ4n) is 3.25. The Morgan fingerprint density at radius 2 is 1.67 bits per heavy atom. The average Bonchev–Trinajstić information content (AvgIpc) is 3.08. The van der Waals surface area contributed by atoms with E-state index in [0.29, 0.717) is 11.1 Å². The fraction of sp³-hybridized carbons (Fsp3) is 0.130. The van der Waals surface area contributed by atoms with Crippen molar-refractivity contribution in [1.82, 2.24) is 0 Å². The van der Waals surface area contributed by atoms with Gasteiger partial charge in [-0.05, 0) is 31.4 Å². The Hall–Kier alpha value is -3.74. The molecule has 30 heavy (non-hydrogen) atoms. The lowest BCUT2D eigenvalue weighted by Crippen LogP contribution is -2.30. The van der Waals surface area contributed by atoms with Crippen LogP contribution in [0.4, 0.5) is 14.5 Å². The van der Waals surface area contributed by atoms with Gasteiger partial charge in [-0.25, -0.2) is 13.6 Å². The largest absolute Gasteiger partial charge is 0.448 e. The maximum atomic E-state index is 13.7. The van der Waals surface area contributed by atoms with E-state index in [2.05, 4.69) is 5.32 Å². The molecule has 0 spiro atoms. The van der Waals surface area contributed by atoms with Crippen molar-refractivity contribution in [2.45, 2.75) is 20.0 Å². The smallest absolute Gasteiger partial charge is 0.375 e. The standard InChI is InChI=1S/C23H17F2NO4/c1-12-15-11-10-14-6-3-4-7-16(14)21(15)30-20(12)23(28)29-13(2)22(27)26-19-17(24)8-5-9-18(19)25/h3-11,13H,1-2H3,(H,26,27). The molecule has 7 heteroatoms. The number of nitrogens with one attached hydrogen (secondary N) is 1. The summed E-state index contributed by atoms with van der Waals surface area (Å²) in [6.45, 7) is 3.02. The average molecular weight is 409 g/mol. The third-order valence-corrected chi connectivity index (χ3v) is 4.88. The van der Waals surface area contributed by atoms with Crippen LogP contribution in [0, 0.1) is 18.6 Å². The van der Waals surface area contributed by atoms with Crippen LogP contribution >= 0.6 is 0 Å². The summed E-state index contributed by atoms with van der Waals surface area (Å²) in [7, 11) is 0. The molecule has 152 valence electrons. The minimum atomic E-state index is -1.30. The molecule has 0 fully saturated rings. The monoisotopic (exact) mass is 409 g/mol. The molecule has 1 aromatic heterocycles. The summed E-state index contributed by atoms with van der Waals surface area (Å²) in [5.74, 6) is -3.60. The quantitative estimate of drug-likeness (QED) is 0.461. The van der Waals surface area contributed by atoms with Gasteiger partial charge in [0.15, 0.2) is 6.10 Å². The summed E-state index contributed by atoms with van der Waals surface area (Å²) < 4.78 is 38.4. The van der Waals surface area contributed by atoms with Crippen LogP contribution in [0.1, 0.15) is 23.0 Å². The molecule has 4 rings (SSSR count). The maximum Gasteiger partial charge on any atom is 0.375 e. The predicted octanol–water partition coefficient (Wildman–Crippen LogP) is 5.36. The molecule has 0 saturated heterocycles. The lowest BCUT2D eigenvalue weighted by Gasteiger charge is -2.13. The molecule has 0 bridgehead atoms. The van der Waals surface area contributed by atoms with Crippen LogP contribution in [-0.2, 0) is 9.53 Å². The van der Waals surface area contributed by atoms with Crippen molar-refractivity contribution in [1.29, 1.82) is 0 Å². The van der Waals surface area contributed by atoms with Crippen LogP contribution in [0.5, 0.6) is 0 Å². The number of ether oxygens (including phenoxy) is 1. The van der Waals surface area contributed by atoms with E-state index >= 15 is 0 Å². The first-order chi connectivity index (χ1) is 14.4. The van der Waals surface area contributed by atoms with E-state index in [0.717, 1.165) is 28.3 Å². The first-order valence-electron chi connectivity index (χ1n) is 9.23. The van der Waals surface area contributed by atoms with Gasteiger partial charge in [-0.15, -0.1) is 0 Å². The molecule has 1 N–H and O–H groups in total. The second-order valence-corrected chi connectivity index (χ2v) is 6.85.